The highest BCUT2D eigenvalue weighted by atomic mass is 35.5. The topological polar surface area (TPSA) is 51.8 Å². The first-order valence-electron chi connectivity index (χ1n) is 5.16. The number of fused-ring (bicyclic) bond motifs is 3. The fourth-order valence-electron chi connectivity index (χ4n) is 2.24. The summed E-state index contributed by atoms with van der Waals surface area (Å²) in [6.07, 6.45) is 1.86. The lowest BCUT2D eigenvalue weighted by molar-refractivity contribution is 0.906. The number of aromatic nitrogens is 2. The highest BCUT2D eigenvalue weighted by molar-refractivity contribution is 6.30. The van der Waals surface area contributed by atoms with E-state index in [1.54, 1.807) is 0 Å². The van der Waals surface area contributed by atoms with Crippen molar-refractivity contribution in [1.29, 1.82) is 0 Å². The molecule has 0 amide bonds. The Morgan fingerprint density at radius 3 is 2.81 bits per heavy atom. The second-order valence-corrected chi connectivity index (χ2v) is 4.24. The van der Waals surface area contributed by atoms with Crippen LogP contribution in [0.2, 0.25) is 5.15 Å². The van der Waals surface area contributed by atoms with Gasteiger partial charge in [-0.3, -0.25) is 0 Å². The van der Waals surface area contributed by atoms with E-state index in [-0.39, 0.29) is 0 Å². The SMILES string of the molecule is Nc1nnc(Cl)c2c1-c1ccccc1CC2. The lowest BCUT2D eigenvalue weighted by Crippen LogP contribution is -2.09. The monoisotopic (exact) mass is 231 g/mol. The zero-order chi connectivity index (χ0) is 11.1. The molecule has 3 nitrogen and oxygen atoms in total. The zero-order valence-corrected chi connectivity index (χ0v) is 9.33. The van der Waals surface area contributed by atoms with E-state index in [1.165, 1.54) is 5.56 Å². The third kappa shape index (κ3) is 1.28. The Balaban J connectivity index is 2.35. The minimum Gasteiger partial charge on any atom is -0.382 e. The Labute approximate surface area is 98.3 Å². The van der Waals surface area contributed by atoms with E-state index < -0.39 is 0 Å². The molecular formula is C12H10ClN3. The minimum atomic E-state index is 0.464. The fourth-order valence-corrected chi connectivity index (χ4v) is 2.46. The molecule has 0 unspecified atom stereocenters. The van der Waals surface area contributed by atoms with Crippen LogP contribution < -0.4 is 5.73 Å². The Morgan fingerprint density at radius 1 is 1.12 bits per heavy atom. The number of anilines is 1. The summed E-state index contributed by atoms with van der Waals surface area (Å²) in [5, 5.41) is 8.21. The molecule has 0 spiro atoms. The third-order valence-corrected chi connectivity index (χ3v) is 3.29. The number of nitrogens with zero attached hydrogens (tertiary/aromatic N) is 2. The van der Waals surface area contributed by atoms with Crippen LogP contribution in [-0.2, 0) is 12.8 Å². The molecule has 1 heterocycles. The van der Waals surface area contributed by atoms with E-state index in [0.29, 0.717) is 11.0 Å². The van der Waals surface area contributed by atoms with Gasteiger partial charge in [-0.05, 0) is 24.0 Å². The summed E-state index contributed by atoms with van der Waals surface area (Å²) < 4.78 is 0. The lowest BCUT2D eigenvalue weighted by Gasteiger charge is -2.20. The van der Waals surface area contributed by atoms with Crippen molar-refractivity contribution in [2.24, 2.45) is 0 Å². The summed E-state index contributed by atoms with van der Waals surface area (Å²) in [4.78, 5) is 0. The fraction of sp³-hybridized carbons (Fsp3) is 0.167. The second kappa shape index (κ2) is 3.46. The molecule has 2 aromatic rings. The van der Waals surface area contributed by atoms with Crippen molar-refractivity contribution < 1.29 is 0 Å². The Morgan fingerprint density at radius 2 is 1.94 bits per heavy atom. The number of halogens is 1. The van der Waals surface area contributed by atoms with Crippen LogP contribution in [0.3, 0.4) is 0 Å². The van der Waals surface area contributed by atoms with Crippen LogP contribution in [-0.4, -0.2) is 10.2 Å². The predicted molar refractivity (Wildman–Crippen MR) is 64.3 cm³/mol. The number of nitrogens with two attached hydrogens (primary N) is 1. The van der Waals surface area contributed by atoms with Crippen LogP contribution in [0.5, 0.6) is 0 Å². The smallest absolute Gasteiger partial charge is 0.155 e. The van der Waals surface area contributed by atoms with E-state index in [1.807, 2.05) is 12.1 Å². The Kier molecular flexibility index (Phi) is 2.07. The van der Waals surface area contributed by atoms with Gasteiger partial charge < -0.3 is 5.73 Å². The minimum absolute atomic E-state index is 0.464. The molecule has 0 saturated heterocycles. The van der Waals surface area contributed by atoms with Crippen molar-refractivity contribution in [3.05, 3.63) is 40.5 Å². The number of benzene rings is 1. The van der Waals surface area contributed by atoms with E-state index in [2.05, 4.69) is 22.3 Å². The first kappa shape index (κ1) is 9.60. The molecule has 1 aliphatic carbocycles. The summed E-state index contributed by atoms with van der Waals surface area (Å²) >= 11 is 6.05. The van der Waals surface area contributed by atoms with Crippen LogP contribution in [0.15, 0.2) is 24.3 Å². The first-order valence-corrected chi connectivity index (χ1v) is 5.54. The quantitative estimate of drug-likeness (QED) is 0.758. The molecule has 4 heteroatoms. The number of aryl methyl sites for hydroxylation is 1. The molecule has 0 fully saturated rings. The standard InChI is InChI=1S/C12H10ClN3/c13-11-9-6-5-7-3-1-2-4-8(7)10(9)12(14)16-15-11/h1-4H,5-6H2,(H2,14,16). The lowest BCUT2D eigenvalue weighted by atomic mass is 9.87. The van der Waals surface area contributed by atoms with Crippen LogP contribution >= 0.6 is 11.6 Å². The van der Waals surface area contributed by atoms with Gasteiger partial charge in [-0.15, -0.1) is 10.2 Å². The van der Waals surface area contributed by atoms with Crippen molar-refractivity contribution in [2.75, 3.05) is 5.73 Å². The molecule has 2 N–H and O–H groups in total. The van der Waals surface area contributed by atoms with Gasteiger partial charge in [0, 0.05) is 11.1 Å². The molecular weight excluding hydrogens is 222 g/mol. The van der Waals surface area contributed by atoms with Crippen molar-refractivity contribution in [2.45, 2.75) is 12.8 Å². The molecule has 80 valence electrons. The summed E-state index contributed by atoms with van der Waals surface area (Å²) in [6, 6.07) is 8.21. The average Bonchev–Trinajstić information content (AvgIpc) is 2.33. The largest absolute Gasteiger partial charge is 0.382 e. The van der Waals surface area contributed by atoms with E-state index in [9.17, 15) is 0 Å². The van der Waals surface area contributed by atoms with Crippen molar-refractivity contribution in [3.8, 4) is 11.1 Å². The van der Waals surface area contributed by atoms with Crippen LogP contribution in [0.1, 0.15) is 11.1 Å². The molecule has 16 heavy (non-hydrogen) atoms. The first-order chi connectivity index (χ1) is 7.77. The van der Waals surface area contributed by atoms with E-state index in [4.69, 9.17) is 17.3 Å². The van der Waals surface area contributed by atoms with Gasteiger partial charge in [-0.25, -0.2) is 0 Å². The van der Waals surface area contributed by atoms with Crippen LogP contribution in [0.4, 0.5) is 5.82 Å². The van der Waals surface area contributed by atoms with E-state index in [0.717, 1.165) is 29.5 Å². The molecule has 1 aromatic carbocycles. The van der Waals surface area contributed by atoms with Gasteiger partial charge in [0.2, 0.25) is 0 Å². The summed E-state index contributed by atoms with van der Waals surface area (Å²) in [6.45, 7) is 0. The van der Waals surface area contributed by atoms with Gasteiger partial charge >= 0.3 is 0 Å². The second-order valence-electron chi connectivity index (χ2n) is 3.89. The maximum Gasteiger partial charge on any atom is 0.155 e. The number of hydrogen-bond donors (Lipinski definition) is 1. The van der Waals surface area contributed by atoms with Gasteiger partial charge in [0.05, 0.1) is 0 Å². The molecule has 0 bridgehead atoms. The highest BCUT2D eigenvalue weighted by Crippen LogP contribution is 2.38. The molecule has 1 aliphatic rings. The van der Waals surface area contributed by atoms with Gasteiger partial charge in [0.1, 0.15) is 0 Å². The molecule has 0 saturated carbocycles. The molecule has 0 atom stereocenters. The van der Waals surface area contributed by atoms with Crippen molar-refractivity contribution >= 4 is 17.4 Å². The average molecular weight is 232 g/mol. The number of nitrogen functional groups attached to an aromatic ring is 1. The number of rotatable bonds is 0. The summed E-state index contributed by atoms with van der Waals surface area (Å²) in [7, 11) is 0. The third-order valence-electron chi connectivity index (χ3n) is 2.98. The van der Waals surface area contributed by atoms with Crippen molar-refractivity contribution in [1.82, 2.24) is 10.2 Å². The Hall–Kier alpha value is -1.61. The van der Waals surface area contributed by atoms with Crippen LogP contribution in [0, 0.1) is 0 Å². The summed E-state index contributed by atoms with van der Waals surface area (Å²) in [5.41, 5.74) is 10.3. The zero-order valence-electron chi connectivity index (χ0n) is 8.57. The van der Waals surface area contributed by atoms with Gasteiger partial charge in [-0.2, -0.15) is 0 Å². The molecule has 0 aliphatic heterocycles. The van der Waals surface area contributed by atoms with Gasteiger partial charge in [0.25, 0.3) is 0 Å². The van der Waals surface area contributed by atoms with Gasteiger partial charge in [0.15, 0.2) is 11.0 Å². The molecule has 0 radical (unpaired) electrons. The predicted octanol–water partition coefficient (Wildman–Crippen LogP) is 2.48. The summed E-state index contributed by atoms with van der Waals surface area (Å²) in [5.74, 6) is 0.464. The van der Waals surface area contributed by atoms with Crippen LogP contribution in [0.25, 0.3) is 11.1 Å². The molecule has 1 aromatic heterocycles. The maximum absolute atomic E-state index is 6.05. The van der Waals surface area contributed by atoms with Crippen molar-refractivity contribution in [3.63, 3.8) is 0 Å². The van der Waals surface area contributed by atoms with E-state index >= 15 is 0 Å². The Bertz CT molecular complexity index is 566. The normalized spacial score (nSPS) is 13.1. The highest BCUT2D eigenvalue weighted by Gasteiger charge is 2.21. The molecule has 3 rings (SSSR count). The van der Waals surface area contributed by atoms with Gasteiger partial charge in [-0.1, -0.05) is 35.9 Å². The number of hydrogen-bond acceptors (Lipinski definition) is 3. The maximum atomic E-state index is 6.05.